The zero-order valence-corrected chi connectivity index (χ0v) is 24.5. The van der Waals surface area contributed by atoms with E-state index in [-0.39, 0.29) is 41.5 Å². The van der Waals surface area contributed by atoms with E-state index < -0.39 is 17.3 Å². The third kappa shape index (κ3) is 6.78. The van der Waals surface area contributed by atoms with Crippen molar-refractivity contribution in [2.24, 2.45) is 33.5 Å². The summed E-state index contributed by atoms with van der Waals surface area (Å²) >= 11 is 0. The smallest absolute Gasteiger partial charge is 0.275 e. The Morgan fingerprint density at radius 2 is 1.79 bits per heavy atom. The number of carbonyl (C=O) groups excluding carboxylic acids is 2. The number of hydrazone groups is 1. The average Bonchev–Trinajstić information content (AvgIpc) is 3.23. The lowest BCUT2D eigenvalue weighted by molar-refractivity contribution is -0.133. The van der Waals surface area contributed by atoms with E-state index in [2.05, 4.69) is 36.7 Å². The minimum absolute atomic E-state index is 0.0207. The van der Waals surface area contributed by atoms with Crippen LogP contribution >= 0.6 is 0 Å². The highest BCUT2D eigenvalue weighted by atomic mass is 19.1. The molecular weight excluding hydrogens is 540 g/mol. The van der Waals surface area contributed by atoms with Crippen molar-refractivity contribution in [2.45, 2.75) is 77.4 Å². The summed E-state index contributed by atoms with van der Waals surface area (Å²) in [5.41, 5.74) is 8.49. The zero-order valence-electron chi connectivity index (χ0n) is 24.5. The van der Waals surface area contributed by atoms with Crippen LogP contribution < -0.4 is 22.4 Å². The minimum atomic E-state index is -0.803. The Kier molecular flexibility index (Phi) is 9.93. The fourth-order valence-electron chi connectivity index (χ4n) is 6.14. The fraction of sp³-hybridized carbons (Fsp3) is 0.484. The minimum Gasteiger partial charge on any atom is -0.384 e. The van der Waals surface area contributed by atoms with Gasteiger partial charge in [-0.05, 0) is 73.8 Å². The number of aliphatic imine (C=N–C) groups is 1. The van der Waals surface area contributed by atoms with Gasteiger partial charge in [-0.2, -0.15) is 5.10 Å². The summed E-state index contributed by atoms with van der Waals surface area (Å²) in [4.78, 5) is 33.8. The summed E-state index contributed by atoms with van der Waals surface area (Å²) in [5.74, 6) is 4.11. The van der Waals surface area contributed by atoms with Gasteiger partial charge in [0.2, 0.25) is 0 Å². The number of amides is 2. The average molecular weight is 582 g/mol. The second-order valence-electron chi connectivity index (χ2n) is 11.6. The topological polar surface area (TPSA) is 138 Å². The summed E-state index contributed by atoms with van der Waals surface area (Å²) in [6, 6.07) is 9.95. The van der Waals surface area contributed by atoms with Crippen LogP contribution in [0.15, 0.2) is 52.6 Å². The Labute approximate surface area is 245 Å². The molecule has 0 saturated heterocycles. The molecule has 226 valence electrons. The van der Waals surface area contributed by atoms with Crippen LogP contribution in [0.5, 0.6) is 0 Å². The van der Waals surface area contributed by atoms with Crippen LogP contribution in [0.1, 0.15) is 93.2 Å². The quantitative estimate of drug-likeness (QED) is 0.134. The Morgan fingerprint density at radius 1 is 1.14 bits per heavy atom. The van der Waals surface area contributed by atoms with E-state index >= 15 is 0 Å². The van der Waals surface area contributed by atoms with Gasteiger partial charge in [0.15, 0.2) is 0 Å². The van der Waals surface area contributed by atoms with Gasteiger partial charge < -0.3 is 16.0 Å². The third-order valence-corrected chi connectivity index (χ3v) is 8.44. The molecule has 9 nitrogen and oxygen atoms in total. The number of rotatable bonds is 11. The molecule has 6 N–H and O–H groups in total. The molecule has 0 unspecified atom stereocenters. The van der Waals surface area contributed by atoms with Crippen molar-refractivity contribution in [1.82, 2.24) is 15.8 Å². The third-order valence-electron chi connectivity index (χ3n) is 8.44. The molecule has 1 atom stereocenters. The van der Waals surface area contributed by atoms with E-state index in [4.69, 9.17) is 16.6 Å². The van der Waals surface area contributed by atoms with Crippen LogP contribution in [-0.4, -0.2) is 40.5 Å². The number of nitrogens with one attached hydrogen (secondary N) is 2. The van der Waals surface area contributed by atoms with Gasteiger partial charge in [0, 0.05) is 17.2 Å². The molecule has 1 aliphatic carbocycles. The van der Waals surface area contributed by atoms with Crippen molar-refractivity contribution in [3.05, 3.63) is 70.8 Å². The number of benzene rings is 2. The summed E-state index contributed by atoms with van der Waals surface area (Å²) in [6.45, 7) is 6.53. The predicted molar refractivity (Wildman–Crippen MR) is 159 cm³/mol. The number of amidine groups is 1. The molecule has 1 saturated carbocycles. The van der Waals surface area contributed by atoms with E-state index in [0.717, 1.165) is 37.3 Å². The monoisotopic (exact) mass is 581 g/mol. The molecule has 1 aliphatic heterocycles. The van der Waals surface area contributed by atoms with E-state index in [1.54, 1.807) is 12.1 Å². The van der Waals surface area contributed by atoms with Crippen LogP contribution in [0.3, 0.4) is 0 Å². The summed E-state index contributed by atoms with van der Waals surface area (Å²) in [6.07, 6.45) is 5.62. The largest absolute Gasteiger partial charge is 0.384 e. The first-order valence-electron chi connectivity index (χ1n) is 14.6. The molecular formula is C31H41F2N7O2. The number of halogens is 2. The van der Waals surface area contributed by atoms with Crippen molar-refractivity contribution in [3.63, 3.8) is 0 Å². The molecule has 1 heterocycles. The Balaban J connectivity index is 1.69. The first-order chi connectivity index (χ1) is 20.1. The fourth-order valence-corrected chi connectivity index (χ4v) is 6.14. The lowest BCUT2D eigenvalue weighted by Crippen LogP contribution is -2.51. The standard InChI is InChI=1S/C31H41F2N7O2/c1-4-5-6-26(21-7-9-22(10-8-21)29(41)36-18-27(34)38-39-35)40-30(42)28(23-15-24(32)17-25(33)16-23)37-31(40)13-11-20(12-14-31)19(2)3/h7-10,15-17,19-20,26,39H,4-6,11-14,18,35H2,1-3H3,(H2,34,38)(H,36,41)/t20?,26-,31?/m1/s1. The number of hydrogen-bond acceptors (Lipinski definition) is 6. The molecule has 42 heavy (non-hydrogen) atoms. The normalized spacial score (nSPS) is 21.5. The van der Waals surface area contributed by atoms with E-state index in [0.29, 0.717) is 36.7 Å². The summed E-state index contributed by atoms with van der Waals surface area (Å²) < 4.78 is 28.5. The zero-order chi connectivity index (χ0) is 30.4. The SMILES string of the molecule is CCCC[C@H](c1ccc(C(=O)NCC(N)=NNN)cc1)N1C(=O)C(c2cc(F)cc(F)c2)=NC12CCC(C(C)C)CC2. The molecule has 4 rings (SSSR count). The predicted octanol–water partition coefficient (Wildman–Crippen LogP) is 4.54. The number of nitrogens with two attached hydrogens (primary N) is 2. The molecule has 0 bridgehead atoms. The van der Waals surface area contributed by atoms with Crippen molar-refractivity contribution in [1.29, 1.82) is 0 Å². The van der Waals surface area contributed by atoms with Crippen molar-refractivity contribution in [2.75, 3.05) is 6.54 Å². The van der Waals surface area contributed by atoms with Gasteiger partial charge in [0.25, 0.3) is 11.8 Å². The maximum atomic E-state index is 14.2. The van der Waals surface area contributed by atoms with Crippen LogP contribution in [0.2, 0.25) is 0 Å². The van der Waals surface area contributed by atoms with Gasteiger partial charge in [-0.1, -0.05) is 45.7 Å². The second kappa shape index (κ2) is 13.4. The Bertz CT molecular complexity index is 1320. The van der Waals surface area contributed by atoms with E-state index in [1.165, 1.54) is 12.1 Å². The first kappa shape index (κ1) is 31.1. The van der Waals surface area contributed by atoms with Crippen LogP contribution in [-0.2, 0) is 4.79 Å². The number of hydrogen-bond donors (Lipinski definition) is 4. The molecule has 11 heteroatoms. The number of carbonyl (C=O) groups is 2. The molecule has 1 spiro atoms. The Morgan fingerprint density at radius 3 is 2.36 bits per heavy atom. The molecule has 1 fully saturated rings. The van der Waals surface area contributed by atoms with Crippen LogP contribution in [0.25, 0.3) is 0 Å². The number of unbranched alkanes of at least 4 members (excludes halogenated alkanes) is 1. The molecule has 0 radical (unpaired) electrons. The van der Waals surface area contributed by atoms with Crippen LogP contribution in [0, 0.1) is 23.5 Å². The van der Waals surface area contributed by atoms with Gasteiger partial charge in [-0.25, -0.2) is 20.2 Å². The molecule has 0 aromatic heterocycles. The second-order valence-corrected chi connectivity index (χ2v) is 11.6. The molecule has 2 amide bonds. The molecule has 2 aromatic rings. The number of hydrazine groups is 1. The number of nitrogens with zero attached hydrogens (tertiary/aromatic N) is 3. The Hall–Kier alpha value is -3.86. The van der Waals surface area contributed by atoms with Gasteiger partial charge in [0.05, 0.1) is 12.6 Å². The molecule has 2 aliphatic rings. The maximum absolute atomic E-state index is 14.2. The highest BCUT2D eigenvalue weighted by molar-refractivity contribution is 6.46. The van der Waals surface area contributed by atoms with Crippen molar-refractivity contribution < 1.29 is 18.4 Å². The van der Waals surface area contributed by atoms with Gasteiger partial charge in [-0.15, -0.1) is 0 Å². The lowest BCUT2D eigenvalue weighted by atomic mass is 9.76. The highest BCUT2D eigenvalue weighted by Crippen LogP contribution is 2.48. The van der Waals surface area contributed by atoms with Gasteiger partial charge in [0.1, 0.15) is 28.8 Å². The van der Waals surface area contributed by atoms with Gasteiger partial charge in [-0.3, -0.25) is 14.6 Å². The van der Waals surface area contributed by atoms with E-state index in [1.807, 2.05) is 17.0 Å². The lowest BCUT2D eigenvalue weighted by Gasteiger charge is -2.46. The van der Waals surface area contributed by atoms with E-state index in [9.17, 15) is 18.4 Å². The molecule has 2 aromatic carbocycles. The summed E-state index contributed by atoms with van der Waals surface area (Å²) in [5, 5.41) is 6.31. The van der Waals surface area contributed by atoms with Crippen molar-refractivity contribution >= 4 is 23.4 Å². The van der Waals surface area contributed by atoms with Crippen molar-refractivity contribution in [3.8, 4) is 0 Å². The van der Waals surface area contributed by atoms with Gasteiger partial charge >= 0.3 is 0 Å². The summed E-state index contributed by atoms with van der Waals surface area (Å²) in [7, 11) is 0. The highest BCUT2D eigenvalue weighted by Gasteiger charge is 2.52. The van der Waals surface area contributed by atoms with Crippen LogP contribution in [0.4, 0.5) is 8.78 Å². The first-order valence-corrected chi connectivity index (χ1v) is 14.6. The maximum Gasteiger partial charge on any atom is 0.275 e.